The zero-order valence-corrected chi connectivity index (χ0v) is 35.3. The maximum absolute atomic E-state index is 2.54. The molecule has 0 fully saturated rings. The number of fused-ring (bicyclic) bond motifs is 14. The van der Waals surface area contributed by atoms with E-state index in [0.29, 0.717) is 0 Å². The van der Waals surface area contributed by atoms with E-state index in [4.69, 9.17) is 0 Å². The van der Waals surface area contributed by atoms with Crippen LogP contribution < -0.4 is 4.90 Å². The van der Waals surface area contributed by atoms with Gasteiger partial charge in [0, 0.05) is 22.4 Å². The lowest BCUT2D eigenvalue weighted by atomic mass is 9.70. The molecule has 296 valence electrons. The molecule has 1 atom stereocenters. The predicted octanol–water partition coefficient (Wildman–Crippen LogP) is 16.3. The van der Waals surface area contributed by atoms with E-state index in [2.05, 4.69) is 243 Å². The van der Waals surface area contributed by atoms with Crippen LogP contribution in [0, 0.1) is 0 Å². The van der Waals surface area contributed by atoms with Gasteiger partial charge in [0.05, 0.1) is 11.1 Å². The van der Waals surface area contributed by atoms with E-state index in [1.807, 2.05) is 0 Å². The lowest BCUT2D eigenvalue weighted by Gasteiger charge is -2.32. The van der Waals surface area contributed by atoms with Crippen LogP contribution >= 0.6 is 0 Å². The molecule has 10 aromatic rings. The summed E-state index contributed by atoms with van der Waals surface area (Å²) in [6.45, 7) is 4.76. The van der Waals surface area contributed by atoms with Crippen LogP contribution in [-0.2, 0) is 10.8 Å². The van der Waals surface area contributed by atoms with Gasteiger partial charge in [-0.25, -0.2) is 0 Å². The monoisotopic (exact) mass is 801 g/mol. The lowest BCUT2D eigenvalue weighted by molar-refractivity contribution is 0.660. The molecule has 1 unspecified atom stereocenters. The zero-order chi connectivity index (χ0) is 41.9. The normalized spacial score (nSPS) is 15.7. The van der Waals surface area contributed by atoms with E-state index in [1.165, 1.54) is 105 Å². The standard InChI is InChI=1S/C62H43N/c1-61(2)53-23-12-9-20-48(53)50-35-33-47(39-57(50)61)63(46-32-30-43-36-42(28-29-44(43)37-46)40-16-5-3-6-17-40)59-27-15-26-56-60(59)52-22-11-14-25-55(52)62(56)54-24-13-10-21-49(54)51-34-31-45(38-58(51)62)41-18-7-4-8-19-41/h3-39H,1-2H3. The predicted molar refractivity (Wildman–Crippen MR) is 263 cm³/mol. The molecule has 0 saturated heterocycles. The highest BCUT2D eigenvalue weighted by Crippen LogP contribution is 2.65. The molecule has 3 aliphatic carbocycles. The largest absolute Gasteiger partial charge is 0.310 e. The van der Waals surface area contributed by atoms with Crippen LogP contribution in [0.3, 0.4) is 0 Å². The summed E-state index contributed by atoms with van der Waals surface area (Å²) in [5, 5.41) is 2.43. The minimum Gasteiger partial charge on any atom is -0.310 e. The van der Waals surface area contributed by atoms with Crippen LogP contribution in [0.4, 0.5) is 17.1 Å². The van der Waals surface area contributed by atoms with Gasteiger partial charge >= 0.3 is 0 Å². The van der Waals surface area contributed by atoms with Gasteiger partial charge in [-0.15, -0.1) is 0 Å². The molecule has 0 amide bonds. The fourth-order valence-electron chi connectivity index (χ4n) is 11.6. The van der Waals surface area contributed by atoms with Crippen molar-refractivity contribution in [1.82, 2.24) is 0 Å². The van der Waals surface area contributed by atoms with Crippen LogP contribution in [0.5, 0.6) is 0 Å². The fraction of sp³-hybridized carbons (Fsp3) is 0.0645. The molecule has 0 saturated carbocycles. The Morgan fingerprint density at radius 2 is 0.794 bits per heavy atom. The highest BCUT2D eigenvalue weighted by molar-refractivity contribution is 6.03. The van der Waals surface area contributed by atoms with Crippen LogP contribution in [0.2, 0.25) is 0 Å². The van der Waals surface area contributed by atoms with Gasteiger partial charge in [0.25, 0.3) is 0 Å². The Kier molecular flexibility index (Phi) is 7.64. The molecule has 10 aromatic carbocycles. The Hall–Kier alpha value is -7.74. The summed E-state index contributed by atoms with van der Waals surface area (Å²) in [5.74, 6) is 0. The molecule has 0 radical (unpaired) electrons. The summed E-state index contributed by atoms with van der Waals surface area (Å²) in [4.78, 5) is 2.54. The van der Waals surface area contributed by atoms with Gasteiger partial charge in [-0.3, -0.25) is 0 Å². The van der Waals surface area contributed by atoms with Crippen molar-refractivity contribution in [3.63, 3.8) is 0 Å². The number of rotatable bonds is 5. The molecule has 0 heterocycles. The molecule has 3 aliphatic rings. The smallest absolute Gasteiger partial charge is 0.0726 e. The second-order valence-corrected chi connectivity index (χ2v) is 18.0. The highest BCUT2D eigenvalue weighted by atomic mass is 15.1. The molecule has 0 aromatic heterocycles. The van der Waals surface area contributed by atoms with E-state index in [0.717, 1.165) is 11.4 Å². The Labute approximate surface area is 369 Å². The van der Waals surface area contributed by atoms with Crippen molar-refractivity contribution in [2.75, 3.05) is 4.90 Å². The van der Waals surface area contributed by atoms with Gasteiger partial charge in [-0.1, -0.05) is 196 Å². The second-order valence-electron chi connectivity index (χ2n) is 18.0. The first kappa shape index (κ1) is 36.0. The SMILES string of the molecule is CC1(C)c2ccccc2-c2ccc(N(c3ccc4cc(-c5ccccc5)ccc4c3)c3cccc4c3-c3ccccc3C43c4ccccc4-c4ccc(-c5ccccc5)cc43)cc21. The number of anilines is 3. The third-order valence-corrected chi connectivity index (χ3v) is 14.5. The lowest BCUT2D eigenvalue weighted by Crippen LogP contribution is -2.26. The van der Waals surface area contributed by atoms with Gasteiger partial charge in [0.2, 0.25) is 0 Å². The Morgan fingerprint density at radius 1 is 0.302 bits per heavy atom. The van der Waals surface area contributed by atoms with Gasteiger partial charge in [-0.2, -0.15) is 0 Å². The summed E-state index contributed by atoms with van der Waals surface area (Å²) in [6, 6.07) is 84.1. The van der Waals surface area contributed by atoms with Crippen molar-refractivity contribution in [1.29, 1.82) is 0 Å². The molecule has 63 heavy (non-hydrogen) atoms. The molecule has 1 heteroatoms. The molecule has 0 N–H and O–H groups in total. The summed E-state index contributed by atoms with van der Waals surface area (Å²) < 4.78 is 0. The quantitative estimate of drug-likeness (QED) is 0.168. The average molecular weight is 802 g/mol. The minimum absolute atomic E-state index is 0.145. The summed E-state index contributed by atoms with van der Waals surface area (Å²) in [7, 11) is 0. The first-order chi connectivity index (χ1) is 31.0. The first-order valence-corrected chi connectivity index (χ1v) is 22.2. The Bertz CT molecular complexity index is 3490. The van der Waals surface area contributed by atoms with Gasteiger partial charge in [0.15, 0.2) is 0 Å². The van der Waals surface area contributed by atoms with E-state index >= 15 is 0 Å². The van der Waals surface area contributed by atoms with Crippen molar-refractivity contribution in [3.8, 4) is 55.6 Å². The first-order valence-electron chi connectivity index (χ1n) is 22.2. The molecular formula is C62H43N. The third kappa shape index (κ3) is 5.05. The summed E-state index contributed by atoms with van der Waals surface area (Å²) in [5.41, 5.74) is 23.7. The number of hydrogen-bond acceptors (Lipinski definition) is 1. The number of benzene rings is 10. The van der Waals surface area contributed by atoms with Crippen LogP contribution in [0.1, 0.15) is 47.2 Å². The number of hydrogen-bond donors (Lipinski definition) is 0. The highest BCUT2D eigenvalue weighted by Gasteiger charge is 2.52. The zero-order valence-electron chi connectivity index (χ0n) is 35.3. The van der Waals surface area contributed by atoms with E-state index in [9.17, 15) is 0 Å². The molecule has 1 spiro atoms. The van der Waals surface area contributed by atoms with E-state index in [1.54, 1.807) is 0 Å². The Morgan fingerprint density at radius 3 is 1.54 bits per heavy atom. The molecule has 13 rings (SSSR count). The average Bonchev–Trinajstić information content (AvgIpc) is 3.90. The van der Waals surface area contributed by atoms with Crippen molar-refractivity contribution < 1.29 is 0 Å². The van der Waals surface area contributed by atoms with Crippen molar-refractivity contribution in [2.45, 2.75) is 24.7 Å². The fourth-order valence-corrected chi connectivity index (χ4v) is 11.6. The maximum Gasteiger partial charge on any atom is 0.0726 e. The maximum atomic E-state index is 2.54. The molecule has 0 aliphatic heterocycles. The van der Waals surface area contributed by atoms with Crippen LogP contribution in [-0.4, -0.2) is 0 Å². The number of nitrogens with zero attached hydrogens (tertiary/aromatic N) is 1. The molecular weight excluding hydrogens is 759 g/mol. The van der Waals surface area contributed by atoms with Gasteiger partial charge in [-0.05, 0) is 137 Å². The minimum atomic E-state index is -0.497. The molecule has 0 bridgehead atoms. The third-order valence-electron chi connectivity index (χ3n) is 14.5. The summed E-state index contributed by atoms with van der Waals surface area (Å²) >= 11 is 0. The topological polar surface area (TPSA) is 3.24 Å². The van der Waals surface area contributed by atoms with Gasteiger partial charge in [0.1, 0.15) is 0 Å². The van der Waals surface area contributed by atoms with Crippen molar-refractivity contribution >= 4 is 27.8 Å². The van der Waals surface area contributed by atoms with Crippen LogP contribution in [0.15, 0.2) is 224 Å². The van der Waals surface area contributed by atoms with E-state index < -0.39 is 5.41 Å². The Balaban J connectivity index is 1.07. The van der Waals surface area contributed by atoms with E-state index in [-0.39, 0.29) is 5.41 Å². The summed E-state index contributed by atoms with van der Waals surface area (Å²) in [6.07, 6.45) is 0. The van der Waals surface area contributed by atoms with Crippen molar-refractivity contribution in [2.24, 2.45) is 0 Å². The van der Waals surface area contributed by atoms with Gasteiger partial charge < -0.3 is 4.90 Å². The molecule has 1 nitrogen and oxygen atoms in total. The van der Waals surface area contributed by atoms with Crippen LogP contribution in [0.25, 0.3) is 66.4 Å². The second kappa shape index (κ2) is 13.4. The van der Waals surface area contributed by atoms with Crippen molar-refractivity contribution in [3.05, 3.63) is 258 Å².